The van der Waals surface area contributed by atoms with Crippen molar-refractivity contribution in [2.24, 2.45) is 0 Å². The van der Waals surface area contributed by atoms with Gasteiger partial charge in [-0.05, 0) is 52.7 Å². The molecule has 0 spiro atoms. The van der Waals surface area contributed by atoms with Gasteiger partial charge in [0.15, 0.2) is 0 Å². The largest absolute Gasteiger partial charge is 0.444 e. The lowest BCUT2D eigenvalue weighted by Gasteiger charge is -2.48. The summed E-state index contributed by atoms with van der Waals surface area (Å²) in [5, 5.41) is 2.97. The van der Waals surface area contributed by atoms with E-state index >= 15 is 0 Å². The first-order valence-electron chi connectivity index (χ1n) is 11.6. The number of likely N-dealkylation sites (tertiary alicyclic amines) is 1. The van der Waals surface area contributed by atoms with Crippen molar-refractivity contribution in [2.75, 3.05) is 32.7 Å². The highest BCUT2D eigenvalue weighted by Gasteiger charge is 2.40. The van der Waals surface area contributed by atoms with Gasteiger partial charge in [0.2, 0.25) is 0 Å². The number of aromatic nitrogens is 1. The smallest absolute Gasteiger partial charge is 0.410 e. The number of hydrogen-bond donors (Lipinski definition) is 1. The van der Waals surface area contributed by atoms with Crippen LogP contribution in [0.1, 0.15) is 58.7 Å². The third-order valence-electron chi connectivity index (χ3n) is 6.76. The molecule has 0 aromatic carbocycles. The topological polar surface area (TPSA) is 78.0 Å². The summed E-state index contributed by atoms with van der Waals surface area (Å²) in [4.78, 5) is 35.7. The Bertz CT molecular complexity index is 871. The van der Waals surface area contributed by atoms with E-state index < -0.39 is 5.60 Å². The predicted octanol–water partition coefficient (Wildman–Crippen LogP) is 3.53. The van der Waals surface area contributed by atoms with Crippen molar-refractivity contribution in [1.29, 1.82) is 0 Å². The summed E-state index contributed by atoms with van der Waals surface area (Å²) in [5.41, 5.74) is 1.55. The highest BCUT2D eigenvalue weighted by atomic mass is 16.6. The molecular weight excluding hydrogens is 406 g/mol. The fourth-order valence-electron chi connectivity index (χ4n) is 4.82. The van der Waals surface area contributed by atoms with Gasteiger partial charge in [-0.2, -0.15) is 0 Å². The predicted molar refractivity (Wildman–Crippen MR) is 122 cm³/mol. The van der Waals surface area contributed by atoms with Crippen molar-refractivity contribution in [1.82, 2.24) is 25.0 Å². The van der Waals surface area contributed by atoms with Crippen LogP contribution in [0.4, 0.5) is 9.59 Å². The van der Waals surface area contributed by atoms with E-state index in [0.29, 0.717) is 19.6 Å². The van der Waals surface area contributed by atoms with Gasteiger partial charge < -0.3 is 15.0 Å². The number of ether oxygens (including phenoxy) is 1. The van der Waals surface area contributed by atoms with E-state index in [1.807, 2.05) is 48.8 Å². The van der Waals surface area contributed by atoms with Crippen LogP contribution >= 0.6 is 0 Å². The summed E-state index contributed by atoms with van der Waals surface area (Å²) in [6.07, 6.45) is 6.39. The molecule has 0 radical (unpaired) electrons. The zero-order valence-electron chi connectivity index (χ0n) is 19.6. The number of amides is 3. The van der Waals surface area contributed by atoms with Crippen LogP contribution in [0.25, 0.3) is 0 Å². The minimum absolute atomic E-state index is 0.0359. The van der Waals surface area contributed by atoms with Crippen LogP contribution in [0.5, 0.6) is 0 Å². The summed E-state index contributed by atoms with van der Waals surface area (Å²) >= 11 is 0. The molecule has 174 valence electrons. The maximum Gasteiger partial charge on any atom is 0.410 e. The Morgan fingerprint density at radius 1 is 1.22 bits per heavy atom. The van der Waals surface area contributed by atoms with Gasteiger partial charge in [-0.25, -0.2) is 9.59 Å². The molecule has 32 heavy (non-hydrogen) atoms. The number of piperidine rings is 1. The van der Waals surface area contributed by atoms with E-state index in [9.17, 15) is 9.59 Å². The summed E-state index contributed by atoms with van der Waals surface area (Å²) < 4.78 is 5.53. The maximum atomic E-state index is 12.6. The van der Waals surface area contributed by atoms with E-state index in [-0.39, 0.29) is 23.7 Å². The first-order chi connectivity index (χ1) is 15.2. The second-order valence-corrected chi connectivity index (χ2v) is 10.2. The second kappa shape index (κ2) is 8.73. The fourth-order valence-corrected chi connectivity index (χ4v) is 4.82. The summed E-state index contributed by atoms with van der Waals surface area (Å²) in [6, 6.07) is 5.73. The number of urea groups is 1. The molecule has 0 bridgehead atoms. The molecule has 8 nitrogen and oxygen atoms in total. The summed E-state index contributed by atoms with van der Waals surface area (Å²) in [6.45, 7) is 11.7. The zero-order valence-corrected chi connectivity index (χ0v) is 19.6. The number of pyridine rings is 1. The van der Waals surface area contributed by atoms with Crippen molar-refractivity contribution < 1.29 is 14.3 Å². The van der Waals surface area contributed by atoms with E-state index in [1.165, 1.54) is 0 Å². The Hall–Kier alpha value is -2.61. The summed E-state index contributed by atoms with van der Waals surface area (Å²) in [5.74, 6) is 0. The van der Waals surface area contributed by atoms with Crippen molar-refractivity contribution in [2.45, 2.75) is 64.1 Å². The van der Waals surface area contributed by atoms with Gasteiger partial charge >= 0.3 is 12.1 Å². The maximum absolute atomic E-state index is 12.6. The third-order valence-corrected chi connectivity index (χ3v) is 6.76. The fraction of sp³-hybridized carbons (Fsp3) is 0.625. The van der Waals surface area contributed by atoms with Crippen molar-refractivity contribution >= 4 is 12.1 Å². The zero-order chi connectivity index (χ0) is 22.9. The Balaban J connectivity index is 1.38. The lowest BCUT2D eigenvalue weighted by atomic mass is 9.86. The van der Waals surface area contributed by atoms with Crippen LogP contribution < -0.4 is 5.32 Å². The van der Waals surface area contributed by atoms with E-state index in [0.717, 1.165) is 43.7 Å². The van der Waals surface area contributed by atoms with Gasteiger partial charge in [-0.1, -0.05) is 12.1 Å². The van der Waals surface area contributed by atoms with E-state index in [4.69, 9.17) is 4.74 Å². The van der Waals surface area contributed by atoms with Gasteiger partial charge in [-0.15, -0.1) is 0 Å². The second-order valence-electron chi connectivity index (χ2n) is 10.2. The molecule has 1 N–H and O–H groups in total. The lowest BCUT2D eigenvalue weighted by molar-refractivity contribution is -0.000774. The minimum Gasteiger partial charge on any atom is -0.444 e. The molecule has 2 saturated heterocycles. The van der Waals surface area contributed by atoms with Crippen molar-refractivity contribution in [3.8, 4) is 0 Å². The Morgan fingerprint density at radius 3 is 2.56 bits per heavy atom. The molecule has 3 aliphatic rings. The van der Waals surface area contributed by atoms with E-state index in [1.54, 1.807) is 6.20 Å². The van der Waals surface area contributed by atoms with Crippen LogP contribution in [-0.2, 0) is 4.74 Å². The average Bonchev–Trinajstić information content (AvgIpc) is 3.15. The van der Waals surface area contributed by atoms with Crippen LogP contribution in [0.15, 0.2) is 36.2 Å². The quantitative estimate of drug-likeness (QED) is 0.776. The number of nitrogens with zero attached hydrogens (tertiary/aromatic N) is 4. The SMILES string of the molecule is CC(C)(C)OC(=O)N1CCC(C)(N2CC=C(N3C(=O)NC[C@H]3c3ccccn3)CC2)CC1. The number of hydrogen-bond acceptors (Lipinski definition) is 5. The number of nitrogens with one attached hydrogen (secondary N) is 1. The highest BCUT2D eigenvalue weighted by molar-refractivity contribution is 5.79. The first kappa shape index (κ1) is 22.6. The number of rotatable bonds is 3. The Labute approximate surface area is 190 Å². The molecule has 3 aliphatic heterocycles. The first-order valence-corrected chi connectivity index (χ1v) is 11.6. The highest BCUT2D eigenvalue weighted by Crippen LogP contribution is 2.34. The van der Waals surface area contributed by atoms with Gasteiger partial charge in [-0.3, -0.25) is 14.8 Å². The Morgan fingerprint density at radius 2 is 1.97 bits per heavy atom. The van der Waals surface area contributed by atoms with Crippen molar-refractivity contribution in [3.05, 3.63) is 41.9 Å². The molecule has 8 heteroatoms. The normalized spacial score (nSPS) is 24.2. The molecule has 0 aliphatic carbocycles. The van der Waals surface area contributed by atoms with Crippen molar-refractivity contribution in [3.63, 3.8) is 0 Å². The van der Waals surface area contributed by atoms with Crippen LogP contribution in [0.2, 0.25) is 0 Å². The minimum atomic E-state index is -0.471. The summed E-state index contributed by atoms with van der Waals surface area (Å²) in [7, 11) is 0. The molecule has 0 saturated carbocycles. The number of carbonyl (C=O) groups is 2. The number of carbonyl (C=O) groups excluding carboxylic acids is 2. The molecular formula is C24H35N5O3. The Kier molecular flexibility index (Phi) is 6.16. The molecule has 1 aromatic heterocycles. The monoisotopic (exact) mass is 441 g/mol. The van der Waals surface area contributed by atoms with Crippen LogP contribution in [-0.4, -0.2) is 75.7 Å². The lowest BCUT2D eigenvalue weighted by Crippen LogP contribution is -2.56. The third kappa shape index (κ3) is 4.75. The molecule has 4 heterocycles. The molecule has 4 rings (SSSR count). The molecule has 0 unspecified atom stereocenters. The average molecular weight is 442 g/mol. The van der Waals surface area contributed by atoms with Gasteiger partial charge in [0, 0.05) is 56.6 Å². The molecule has 3 amide bonds. The standard InChI is InChI=1S/C24H35N5O3/c1-23(2,3)32-22(31)27-15-10-24(4,11-16-27)28-13-8-18(9-14-28)29-20(17-26-21(29)30)19-7-5-6-12-25-19/h5-8,12,20H,9-11,13-17H2,1-4H3,(H,26,30)/t20-/m0/s1. The van der Waals surface area contributed by atoms with Gasteiger partial charge in [0.05, 0.1) is 11.7 Å². The molecule has 1 atom stereocenters. The van der Waals surface area contributed by atoms with Crippen LogP contribution in [0.3, 0.4) is 0 Å². The van der Waals surface area contributed by atoms with Gasteiger partial charge in [0.1, 0.15) is 5.60 Å². The van der Waals surface area contributed by atoms with Crippen LogP contribution in [0, 0.1) is 0 Å². The molecule has 2 fully saturated rings. The van der Waals surface area contributed by atoms with E-state index in [2.05, 4.69) is 28.2 Å². The molecule has 1 aromatic rings. The van der Waals surface area contributed by atoms with Gasteiger partial charge in [0.25, 0.3) is 0 Å².